The van der Waals surface area contributed by atoms with Gasteiger partial charge in [0, 0.05) is 22.3 Å². The number of nitrogens with one attached hydrogen (secondary N) is 1. The molecule has 2 aliphatic rings. The number of guanidine groups is 1. The fraction of sp³-hybridized carbons (Fsp3) is 0.280. The van der Waals surface area contributed by atoms with Crippen molar-refractivity contribution in [2.24, 2.45) is 10.7 Å². The number of aromatic nitrogens is 1. The highest BCUT2D eigenvalue weighted by molar-refractivity contribution is 6.30. The number of hydrogen-bond acceptors (Lipinski definition) is 2. The minimum Gasteiger partial charge on any atom is -0.370 e. The molecule has 5 rings (SSSR count). The summed E-state index contributed by atoms with van der Waals surface area (Å²) in [6, 6.07) is 14.3. The number of benzene rings is 2. The van der Waals surface area contributed by atoms with E-state index in [9.17, 15) is 4.39 Å². The molecule has 158 valence electrons. The van der Waals surface area contributed by atoms with E-state index in [0.29, 0.717) is 16.9 Å². The van der Waals surface area contributed by atoms with E-state index >= 15 is 0 Å². The summed E-state index contributed by atoms with van der Waals surface area (Å²) in [6.45, 7) is 0. The molecule has 0 saturated heterocycles. The molecule has 1 atom stereocenters. The molecule has 4 nitrogen and oxygen atoms in total. The first kappa shape index (κ1) is 20.0. The number of halogens is 2. The zero-order valence-electron chi connectivity index (χ0n) is 17.1. The normalized spacial score (nSPS) is 20.4. The van der Waals surface area contributed by atoms with Gasteiger partial charge < -0.3 is 11.1 Å². The molecule has 0 amide bonds. The maximum atomic E-state index is 13.8. The lowest BCUT2D eigenvalue weighted by molar-refractivity contribution is 0.566. The number of fused-ring (bicyclic) bond motifs is 1. The maximum Gasteiger partial charge on any atom is 0.194 e. The topological polar surface area (TPSA) is 63.3 Å². The summed E-state index contributed by atoms with van der Waals surface area (Å²) in [6.07, 6.45) is 9.11. The molecule has 1 heterocycles. The Bertz CT molecular complexity index is 1180. The molecule has 2 aliphatic carbocycles. The second-order valence-corrected chi connectivity index (χ2v) is 8.86. The highest BCUT2D eigenvalue weighted by atomic mass is 35.5. The van der Waals surface area contributed by atoms with Crippen LogP contribution in [-0.2, 0) is 0 Å². The Morgan fingerprint density at radius 3 is 2.68 bits per heavy atom. The van der Waals surface area contributed by atoms with Gasteiger partial charge in [-0.2, -0.15) is 0 Å². The molecule has 1 aromatic heterocycles. The molecular formula is C25H24ClFN4. The maximum absolute atomic E-state index is 13.8. The molecule has 1 saturated carbocycles. The highest BCUT2D eigenvalue weighted by Crippen LogP contribution is 2.51. The van der Waals surface area contributed by atoms with Crippen molar-refractivity contribution < 1.29 is 4.39 Å². The average molecular weight is 435 g/mol. The number of rotatable bonds is 4. The SMILES string of the molecule is NC(=NC1(C2=CCC(c3ccnc4ccc(F)cc34)CC2)CC1)Nc1ccc(Cl)cc1. The fourth-order valence-electron chi connectivity index (χ4n) is 4.60. The Hall–Kier alpha value is -2.92. The molecule has 1 unspecified atom stereocenters. The lowest BCUT2D eigenvalue weighted by Crippen LogP contribution is -2.27. The minimum atomic E-state index is -0.219. The first-order chi connectivity index (χ1) is 15.0. The Kier molecular flexibility index (Phi) is 5.14. The van der Waals surface area contributed by atoms with Gasteiger partial charge in [0.15, 0.2) is 5.96 Å². The third kappa shape index (κ3) is 4.15. The number of nitrogens with two attached hydrogens (primary N) is 1. The molecule has 3 N–H and O–H groups in total. The number of allylic oxidation sites excluding steroid dienone is 1. The number of hydrogen-bond donors (Lipinski definition) is 2. The molecule has 0 radical (unpaired) electrons. The molecular weight excluding hydrogens is 411 g/mol. The fourth-order valence-corrected chi connectivity index (χ4v) is 4.72. The van der Waals surface area contributed by atoms with E-state index in [4.69, 9.17) is 22.3 Å². The van der Waals surface area contributed by atoms with Gasteiger partial charge in [-0.05, 0) is 97.7 Å². The van der Waals surface area contributed by atoms with E-state index in [1.54, 1.807) is 12.1 Å². The summed E-state index contributed by atoms with van der Waals surface area (Å²) < 4.78 is 13.8. The number of aliphatic imine (C=N–C) groups is 1. The summed E-state index contributed by atoms with van der Waals surface area (Å²) in [4.78, 5) is 9.23. The van der Waals surface area contributed by atoms with Gasteiger partial charge in [0.25, 0.3) is 0 Å². The van der Waals surface area contributed by atoms with Crippen LogP contribution in [0.1, 0.15) is 43.6 Å². The summed E-state index contributed by atoms with van der Waals surface area (Å²) in [5.41, 5.74) is 10.3. The van der Waals surface area contributed by atoms with Gasteiger partial charge in [-0.1, -0.05) is 17.7 Å². The predicted octanol–water partition coefficient (Wildman–Crippen LogP) is 6.18. The van der Waals surface area contributed by atoms with Gasteiger partial charge in [-0.25, -0.2) is 9.38 Å². The Morgan fingerprint density at radius 1 is 1.16 bits per heavy atom. The lowest BCUT2D eigenvalue weighted by Gasteiger charge is -2.26. The lowest BCUT2D eigenvalue weighted by atomic mass is 9.81. The van der Waals surface area contributed by atoms with E-state index < -0.39 is 0 Å². The quantitative estimate of drug-likeness (QED) is 0.292. The van der Waals surface area contributed by atoms with Gasteiger partial charge in [0.05, 0.1) is 11.1 Å². The van der Waals surface area contributed by atoms with Gasteiger partial charge in [-0.15, -0.1) is 0 Å². The summed E-state index contributed by atoms with van der Waals surface area (Å²) in [5, 5.41) is 4.77. The van der Waals surface area contributed by atoms with E-state index in [0.717, 1.165) is 48.7 Å². The van der Waals surface area contributed by atoms with Crippen LogP contribution in [-0.4, -0.2) is 16.5 Å². The van der Waals surface area contributed by atoms with Gasteiger partial charge >= 0.3 is 0 Å². The zero-order chi connectivity index (χ0) is 21.4. The molecule has 6 heteroatoms. The first-order valence-electron chi connectivity index (χ1n) is 10.6. The van der Waals surface area contributed by atoms with Crippen LogP contribution < -0.4 is 11.1 Å². The Morgan fingerprint density at radius 2 is 1.97 bits per heavy atom. The van der Waals surface area contributed by atoms with E-state index in [1.807, 2.05) is 36.5 Å². The summed E-state index contributed by atoms with van der Waals surface area (Å²) in [7, 11) is 0. The van der Waals surface area contributed by atoms with Gasteiger partial charge in [0.1, 0.15) is 5.82 Å². The van der Waals surface area contributed by atoms with Crippen molar-refractivity contribution in [1.82, 2.24) is 4.98 Å². The van der Waals surface area contributed by atoms with Crippen LogP contribution in [0.15, 0.2) is 71.4 Å². The smallest absolute Gasteiger partial charge is 0.194 e. The van der Waals surface area contributed by atoms with Crippen molar-refractivity contribution in [3.05, 3.63) is 82.8 Å². The van der Waals surface area contributed by atoms with Crippen molar-refractivity contribution in [3.63, 3.8) is 0 Å². The predicted molar refractivity (Wildman–Crippen MR) is 125 cm³/mol. The van der Waals surface area contributed by atoms with Crippen LogP contribution in [0.4, 0.5) is 10.1 Å². The second kappa shape index (κ2) is 7.97. The van der Waals surface area contributed by atoms with Crippen molar-refractivity contribution in [3.8, 4) is 0 Å². The minimum absolute atomic E-state index is 0.166. The van der Waals surface area contributed by atoms with Crippen molar-refractivity contribution in [2.75, 3.05) is 5.32 Å². The number of anilines is 1. The van der Waals surface area contributed by atoms with Crippen molar-refractivity contribution in [1.29, 1.82) is 0 Å². The molecule has 0 bridgehead atoms. The van der Waals surface area contributed by atoms with Crippen molar-refractivity contribution >= 4 is 34.2 Å². The van der Waals surface area contributed by atoms with Crippen LogP contribution in [0, 0.1) is 5.82 Å². The van der Waals surface area contributed by atoms with Crippen LogP contribution >= 0.6 is 11.6 Å². The number of pyridine rings is 1. The van der Waals surface area contributed by atoms with E-state index in [2.05, 4.69) is 16.4 Å². The highest BCUT2D eigenvalue weighted by Gasteiger charge is 2.46. The third-order valence-electron chi connectivity index (χ3n) is 6.36. The number of nitrogens with zero attached hydrogens (tertiary/aromatic N) is 2. The van der Waals surface area contributed by atoms with E-state index in [1.165, 1.54) is 17.2 Å². The summed E-state index contributed by atoms with van der Waals surface area (Å²) >= 11 is 5.94. The van der Waals surface area contributed by atoms with Crippen LogP contribution in [0.5, 0.6) is 0 Å². The summed E-state index contributed by atoms with van der Waals surface area (Å²) in [5.74, 6) is 0.572. The Balaban J connectivity index is 1.33. The Labute approximate surface area is 186 Å². The third-order valence-corrected chi connectivity index (χ3v) is 6.61. The van der Waals surface area contributed by atoms with E-state index in [-0.39, 0.29) is 11.4 Å². The first-order valence-corrected chi connectivity index (χ1v) is 11.0. The molecule has 31 heavy (non-hydrogen) atoms. The standard InChI is InChI=1S/C25H24ClFN4/c26-18-5-8-20(9-6-18)30-24(28)31-25(12-13-25)17-3-1-16(2-4-17)21-11-14-29-23-10-7-19(27)15-22(21)23/h3,5-11,14-16H,1-2,4,12-13H2,(H3,28,30,31). The molecule has 0 spiro atoms. The molecule has 1 fully saturated rings. The van der Waals surface area contributed by atoms with Crippen LogP contribution in [0.3, 0.4) is 0 Å². The second-order valence-electron chi connectivity index (χ2n) is 8.42. The monoisotopic (exact) mass is 434 g/mol. The van der Waals surface area contributed by atoms with Crippen molar-refractivity contribution in [2.45, 2.75) is 43.6 Å². The van der Waals surface area contributed by atoms with Gasteiger partial charge in [0.2, 0.25) is 0 Å². The van der Waals surface area contributed by atoms with Gasteiger partial charge in [-0.3, -0.25) is 4.98 Å². The van der Waals surface area contributed by atoms with Crippen LogP contribution in [0.25, 0.3) is 10.9 Å². The average Bonchev–Trinajstić information content (AvgIpc) is 3.55. The molecule has 2 aromatic carbocycles. The molecule has 3 aromatic rings. The zero-order valence-corrected chi connectivity index (χ0v) is 17.9. The molecule has 0 aliphatic heterocycles. The van der Waals surface area contributed by atoms with Crippen LogP contribution in [0.2, 0.25) is 5.02 Å². The largest absolute Gasteiger partial charge is 0.370 e.